The van der Waals surface area contributed by atoms with Crippen LogP contribution in [0.4, 0.5) is 0 Å². The number of carbonyl (C=O) groups is 3. The van der Waals surface area contributed by atoms with Crippen molar-refractivity contribution < 1.29 is 42.8 Å². The Morgan fingerprint density at radius 3 is 1.38 bits per heavy atom. The van der Waals surface area contributed by atoms with Gasteiger partial charge in [0.1, 0.15) is 29.6 Å². The van der Waals surface area contributed by atoms with Crippen LogP contribution in [-0.4, -0.2) is 44.3 Å². The molecule has 0 aliphatic carbocycles. The number of esters is 3. The summed E-state index contributed by atoms with van der Waals surface area (Å²) in [6.07, 6.45) is 9.67. The molecule has 9 nitrogen and oxygen atoms in total. The van der Waals surface area contributed by atoms with E-state index in [9.17, 15) is 14.4 Å². The maximum atomic E-state index is 12.6. The minimum atomic E-state index is -0.464. The zero-order valence-electron chi connectivity index (χ0n) is 26.9. The van der Waals surface area contributed by atoms with Crippen LogP contribution >= 0.6 is 0 Å². The van der Waals surface area contributed by atoms with Gasteiger partial charge >= 0.3 is 17.9 Å². The molecular weight excluding hydrogens is 600 g/mol. The van der Waals surface area contributed by atoms with Crippen LogP contribution in [-0.2, 0) is 25.7 Å². The summed E-state index contributed by atoms with van der Waals surface area (Å²) in [5, 5.41) is 0. The highest BCUT2D eigenvalue weighted by Crippen LogP contribution is 2.21. The lowest BCUT2D eigenvalue weighted by Crippen LogP contribution is -2.08. The lowest BCUT2D eigenvalue weighted by Gasteiger charge is -2.10. The topological polar surface area (TPSA) is 107 Å². The Morgan fingerprint density at radius 2 is 0.894 bits per heavy atom. The van der Waals surface area contributed by atoms with Gasteiger partial charge in [-0.3, -0.25) is 0 Å². The molecule has 0 amide bonds. The SMILES string of the molecule is C=CC(=O)OCCCCCCOc1ccc(COc2ccc(C(=O)Oc3ccc(OCCCCCCOC(=O)C=C)cc3)cc2)cc1. The molecule has 47 heavy (non-hydrogen) atoms. The van der Waals surface area contributed by atoms with Gasteiger partial charge in [-0.25, -0.2) is 14.4 Å². The van der Waals surface area contributed by atoms with Gasteiger partial charge in [0.2, 0.25) is 0 Å². The molecule has 0 aliphatic rings. The van der Waals surface area contributed by atoms with E-state index in [2.05, 4.69) is 13.2 Å². The van der Waals surface area contributed by atoms with Gasteiger partial charge in [-0.05, 0) is 118 Å². The van der Waals surface area contributed by atoms with Gasteiger partial charge in [-0.1, -0.05) is 25.3 Å². The minimum Gasteiger partial charge on any atom is -0.494 e. The Balaban J connectivity index is 1.28. The van der Waals surface area contributed by atoms with Crippen molar-refractivity contribution in [3.63, 3.8) is 0 Å². The molecule has 3 aromatic carbocycles. The van der Waals surface area contributed by atoms with Gasteiger partial charge in [-0.15, -0.1) is 0 Å². The molecule has 0 fully saturated rings. The number of hydrogen-bond donors (Lipinski definition) is 0. The molecule has 0 spiro atoms. The van der Waals surface area contributed by atoms with Crippen molar-refractivity contribution >= 4 is 17.9 Å². The highest BCUT2D eigenvalue weighted by atomic mass is 16.5. The third-order valence-electron chi connectivity index (χ3n) is 6.89. The third-order valence-corrected chi connectivity index (χ3v) is 6.89. The lowest BCUT2D eigenvalue weighted by atomic mass is 10.2. The molecule has 3 aromatic rings. The Bertz CT molecular complexity index is 1380. The van der Waals surface area contributed by atoms with Gasteiger partial charge in [0, 0.05) is 12.2 Å². The van der Waals surface area contributed by atoms with E-state index in [1.807, 2.05) is 24.3 Å². The molecule has 0 heterocycles. The zero-order chi connectivity index (χ0) is 33.5. The number of ether oxygens (including phenoxy) is 6. The number of unbranched alkanes of at least 4 members (excludes halogenated alkanes) is 6. The van der Waals surface area contributed by atoms with Gasteiger partial charge in [0.15, 0.2) is 0 Å². The average Bonchev–Trinajstić information content (AvgIpc) is 3.10. The van der Waals surface area contributed by atoms with Gasteiger partial charge in [-0.2, -0.15) is 0 Å². The Hall–Kier alpha value is -5.05. The molecule has 0 saturated carbocycles. The fourth-order valence-electron chi connectivity index (χ4n) is 4.26. The second-order valence-electron chi connectivity index (χ2n) is 10.6. The third kappa shape index (κ3) is 15.2. The van der Waals surface area contributed by atoms with Crippen LogP contribution in [0.1, 0.15) is 67.3 Å². The number of benzene rings is 3. The van der Waals surface area contributed by atoms with Crippen molar-refractivity contribution in [3.05, 3.63) is 109 Å². The highest BCUT2D eigenvalue weighted by molar-refractivity contribution is 5.91. The molecule has 250 valence electrons. The second kappa shape index (κ2) is 21.6. The molecule has 9 heteroatoms. The average molecular weight is 645 g/mol. The van der Waals surface area contributed by atoms with Crippen LogP contribution < -0.4 is 18.9 Å². The number of rotatable bonds is 23. The summed E-state index contributed by atoms with van der Waals surface area (Å²) < 4.78 is 32.9. The van der Waals surface area contributed by atoms with Crippen LogP contribution in [0.25, 0.3) is 0 Å². The normalized spacial score (nSPS) is 10.4. The smallest absolute Gasteiger partial charge is 0.343 e. The van der Waals surface area contributed by atoms with Gasteiger partial charge in [0.05, 0.1) is 32.0 Å². The van der Waals surface area contributed by atoms with Crippen LogP contribution in [0.5, 0.6) is 23.0 Å². The van der Waals surface area contributed by atoms with Gasteiger partial charge < -0.3 is 28.4 Å². The van der Waals surface area contributed by atoms with Crippen molar-refractivity contribution in [2.75, 3.05) is 26.4 Å². The molecule has 0 radical (unpaired) electrons. The first kappa shape index (κ1) is 36.4. The summed E-state index contributed by atoms with van der Waals surface area (Å²) in [7, 11) is 0. The zero-order valence-corrected chi connectivity index (χ0v) is 26.9. The second-order valence-corrected chi connectivity index (χ2v) is 10.6. The van der Waals surface area contributed by atoms with E-state index in [0.717, 1.165) is 68.8 Å². The standard InChI is InChI=1S/C38H44O9/c1-3-36(39)44-27-11-7-5-9-25-42-32-17-13-30(14-18-32)29-46-34-19-15-31(16-20-34)38(41)47-35-23-21-33(22-24-35)43-26-10-6-8-12-28-45-37(40)4-2/h3-4,13-24H,1-2,5-12,25-29H2. The molecular formula is C38H44O9. The fourth-order valence-corrected chi connectivity index (χ4v) is 4.26. The van der Waals surface area contributed by atoms with Crippen LogP contribution in [0.3, 0.4) is 0 Å². The Kier molecular flexibility index (Phi) is 16.8. The van der Waals surface area contributed by atoms with E-state index in [-0.39, 0.29) is 5.97 Å². The first-order chi connectivity index (χ1) is 23.0. The number of hydrogen-bond acceptors (Lipinski definition) is 9. The van der Waals surface area contributed by atoms with Crippen molar-refractivity contribution in [2.24, 2.45) is 0 Å². The van der Waals surface area contributed by atoms with Crippen molar-refractivity contribution in [3.8, 4) is 23.0 Å². The number of carbonyl (C=O) groups excluding carboxylic acids is 3. The Morgan fingerprint density at radius 1 is 0.489 bits per heavy atom. The summed E-state index contributed by atoms with van der Waals surface area (Å²) in [5.74, 6) is 1.32. The summed E-state index contributed by atoms with van der Waals surface area (Å²) in [4.78, 5) is 34.6. The minimum absolute atomic E-state index is 0.377. The summed E-state index contributed by atoms with van der Waals surface area (Å²) in [5.41, 5.74) is 1.40. The Labute approximate surface area is 277 Å². The largest absolute Gasteiger partial charge is 0.494 e. The van der Waals surface area contributed by atoms with E-state index in [1.165, 1.54) is 6.08 Å². The van der Waals surface area contributed by atoms with E-state index < -0.39 is 11.9 Å². The van der Waals surface area contributed by atoms with Crippen molar-refractivity contribution in [1.82, 2.24) is 0 Å². The predicted octanol–water partition coefficient (Wildman–Crippen LogP) is 7.82. The molecule has 0 atom stereocenters. The van der Waals surface area contributed by atoms with E-state index in [4.69, 9.17) is 28.4 Å². The summed E-state index contributed by atoms with van der Waals surface area (Å²) in [6, 6.07) is 21.5. The molecule has 0 N–H and O–H groups in total. The molecule has 0 aromatic heterocycles. The van der Waals surface area contributed by atoms with Crippen molar-refractivity contribution in [2.45, 2.75) is 58.0 Å². The molecule has 0 unspecified atom stereocenters. The van der Waals surface area contributed by atoms with Crippen molar-refractivity contribution in [1.29, 1.82) is 0 Å². The molecule has 0 saturated heterocycles. The molecule has 0 aliphatic heterocycles. The monoisotopic (exact) mass is 644 g/mol. The quantitative estimate of drug-likeness (QED) is 0.0442. The van der Waals surface area contributed by atoms with Crippen LogP contribution in [0.15, 0.2) is 98.1 Å². The van der Waals surface area contributed by atoms with E-state index in [0.29, 0.717) is 55.8 Å². The first-order valence-corrected chi connectivity index (χ1v) is 15.9. The molecule has 3 rings (SSSR count). The lowest BCUT2D eigenvalue weighted by molar-refractivity contribution is -0.138. The van der Waals surface area contributed by atoms with Gasteiger partial charge in [0.25, 0.3) is 0 Å². The highest BCUT2D eigenvalue weighted by Gasteiger charge is 2.10. The van der Waals surface area contributed by atoms with Crippen LogP contribution in [0, 0.1) is 0 Å². The van der Waals surface area contributed by atoms with E-state index >= 15 is 0 Å². The summed E-state index contributed by atoms with van der Waals surface area (Å²) >= 11 is 0. The maximum absolute atomic E-state index is 12.6. The van der Waals surface area contributed by atoms with E-state index in [1.54, 1.807) is 48.5 Å². The first-order valence-electron chi connectivity index (χ1n) is 15.9. The fraction of sp³-hybridized carbons (Fsp3) is 0.342. The maximum Gasteiger partial charge on any atom is 0.343 e. The summed E-state index contributed by atoms with van der Waals surface area (Å²) in [6.45, 7) is 9.13. The predicted molar refractivity (Wildman–Crippen MR) is 179 cm³/mol. The molecule has 0 bridgehead atoms. The van der Waals surface area contributed by atoms with Crippen LogP contribution in [0.2, 0.25) is 0 Å².